The molecule has 230 valence electrons. The third-order valence-electron chi connectivity index (χ3n) is 6.61. The Hall–Kier alpha value is -4.74. The number of hydrogen-bond acceptors (Lipinski definition) is 6. The van der Waals surface area contributed by atoms with Crippen LogP contribution >= 0.6 is 0 Å². The fourth-order valence-electron chi connectivity index (χ4n) is 4.41. The average molecular weight is 620 g/mol. The highest BCUT2D eigenvalue weighted by molar-refractivity contribution is 7.92. The Balaban J connectivity index is 1.51. The molecule has 4 aromatic rings. The van der Waals surface area contributed by atoms with Crippen molar-refractivity contribution in [1.82, 2.24) is 10.2 Å². The topological polar surface area (TPSA) is 114 Å². The number of nitrogens with one attached hydrogen (secondary N) is 2. The Morgan fingerprint density at radius 2 is 1.50 bits per heavy atom. The van der Waals surface area contributed by atoms with E-state index in [1.807, 2.05) is 48.5 Å². The van der Waals surface area contributed by atoms with Gasteiger partial charge >= 0.3 is 0 Å². The van der Waals surface area contributed by atoms with Crippen LogP contribution in [0.3, 0.4) is 0 Å². The van der Waals surface area contributed by atoms with E-state index in [9.17, 15) is 22.4 Å². The summed E-state index contributed by atoms with van der Waals surface area (Å²) in [5, 5.41) is 2.92. The third kappa shape index (κ3) is 9.13. The highest BCUT2D eigenvalue weighted by Crippen LogP contribution is 2.25. The normalized spacial score (nSPS) is 11.8. The zero-order valence-corrected chi connectivity index (χ0v) is 25.0. The van der Waals surface area contributed by atoms with Gasteiger partial charge in [0.1, 0.15) is 17.6 Å². The van der Waals surface area contributed by atoms with Gasteiger partial charge in [-0.15, -0.1) is 0 Å². The zero-order chi connectivity index (χ0) is 31.4. The molecule has 0 saturated carbocycles. The molecule has 9 nitrogen and oxygen atoms in total. The molecule has 0 aliphatic heterocycles. The molecule has 0 heterocycles. The molecule has 0 fully saturated rings. The van der Waals surface area contributed by atoms with Gasteiger partial charge in [0.2, 0.25) is 5.91 Å². The summed E-state index contributed by atoms with van der Waals surface area (Å²) >= 11 is 0. The first-order valence-corrected chi connectivity index (χ1v) is 15.4. The van der Waals surface area contributed by atoms with Gasteiger partial charge in [-0.25, -0.2) is 12.8 Å². The monoisotopic (exact) mass is 619 g/mol. The standard InChI is InChI=1S/C33H34FN3O6S/c1-42-22-8-21-35-33(39)32(26-11-6-3-7-12-26)37(23-25-9-4-2-5-10-25)31(38)24-43-29-17-19-30(20-18-29)44(40,41)36-28-15-13-27(34)14-16-28/h2-7,9-20,32,36H,8,21-24H2,1H3,(H,35,39)/t32-/m1/s1. The van der Waals surface area contributed by atoms with Crippen LogP contribution in [-0.2, 0) is 30.9 Å². The molecule has 0 unspecified atom stereocenters. The fraction of sp³-hybridized carbons (Fsp3) is 0.212. The lowest BCUT2D eigenvalue weighted by Gasteiger charge is -2.31. The lowest BCUT2D eigenvalue weighted by atomic mass is 10.0. The van der Waals surface area contributed by atoms with Crippen molar-refractivity contribution in [3.8, 4) is 5.75 Å². The second-order valence-corrected chi connectivity index (χ2v) is 11.5. The van der Waals surface area contributed by atoms with Crippen LogP contribution in [0.5, 0.6) is 5.75 Å². The van der Waals surface area contributed by atoms with Crippen LogP contribution < -0.4 is 14.8 Å². The SMILES string of the molecule is COCCCNC(=O)[C@@H](c1ccccc1)N(Cc1ccccc1)C(=O)COc1ccc(S(=O)(=O)Nc2ccc(F)cc2)cc1. The number of halogens is 1. The maximum atomic E-state index is 13.7. The number of carbonyl (C=O) groups excluding carboxylic acids is 2. The summed E-state index contributed by atoms with van der Waals surface area (Å²) in [6.45, 7) is 0.623. The smallest absolute Gasteiger partial charge is 0.261 e. The predicted octanol–water partition coefficient (Wildman–Crippen LogP) is 4.93. The summed E-state index contributed by atoms with van der Waals surface area (Å²) in [4.78, 5) is 28.7. The minimum Gasteiger partial charge on any atom is -0.484 e. The van der Waals surface area contributed by atoms with Gasteiger partial charge in [-0.3, -0.25) is 14.3 Å². The number of anilines is 1. The lowest BCUT2D eigenvalue weighted by Crippen LogP contribution is -2.45. The molecule has 0 saturated heterocycles. The largest absolute Gasteiger partial charge is 0.484 e. The maximum absolute atomic E-state index is 13.7. The van der Waals surface area contributed by atoms with E-state index in [-0.39, 0.29) is 28.8 Å². The van der Waals surface area contributed by atoms with Crippen molar-refractivity contribution >= 4 is 27.5 Å². The Labute approximate surface area is 256 Å². The zero-order valence-electron chi connectivity index (χ0n) is 24.2. The second-order valence-electron chi connectivity index (χ2n) is 9.83. The van der Waals surface area contributed by atoms with Crippen LogP contribution in [0.25, 0.3) is 0 Å². The first-order valence-electron chi connectivity index (χ1n) is 13.9. The Bertz CT molecular complexity index is 1600. The summed E-state index contributed by atoms with van der Waals surface area (Å²) in [6, 6.07) is 27.9. The molecule has 44 heavy (non-hydrogen) atoms. The predicted molar refractivity (Wildman–Crippen MR) is 165 cm³/mol. The molecule has 4 aromatic carbocycles. The van der Waals surface area contributed by atoms with E-state index in [4.69, 9.17) is 9.47 Å². The van der Waals surface area contributed by atoms with Gasteiger partial charge in [0.25, 0.3) is 15.9 Å². The van der Waals surface area contributed by atoms with E-state index in [0.717, 1.165) is 17.7 Å². The number of nitrogens with zero attached hydrogens (tertiary/aromatic N) is 1. The van der Waals surface area contributed by atoms with E-state index in [1.54, 1.807) is 19.2 Å². The molecule has 0 radical (unpaired) electrons. The number of benzene rings is 4. The number of hydrogen-bond donors (Lipinski definition) is 2. The molecule has 2 N–H and O–H groups in total. The minimum atomic E-state index is -3.94. The summed E-state index contributed by atoms with van der Waals surface area (Å²) in [5.41, 5.74) is 1.69. The van der Waals surface area contributed by atoms with E-state index in [0.29, 0.717) is 25.1 Å². The van der Waals surface area contributed by atoms with Crippen molar-refractivity contribution in [2.45, 2.75) is 23.9 Å². The van der Waals surface area contributed by atoms with Gasteiger partial charge in [-0.1, -0.05) is 60.7 Å². The first kappa shape index (κ1) is 32.2. The quantitative estimate of drug-likeness (QED) is 0.183. The Kier molecular flexibility index (Phi) is 11.4. The van der Waals surface area contributed by atoms with Crippen molar-refractivity contribution in [2.75, 3.05) is 31.6 Å². The number of carbonyl (C=O) groups is 2. The summed E-state index contributed by atoms with van der Waals surface area (Å²) in [5.74, 6) is -0.993. The van der Waals surface area contributed by atoms with Crippen molar-refractivity contribution in [1.29, 1.82) is 0 Å². The number of sulfonamides is 1. The minimum absolute atomic E-state index is 0.0412. The summed E-state index contributed by atoms with van der Waals surface area (Å²) in [7, 11) is -2.35. The van der Waals surface area contributed by atoms with Crippen LogP contribution in [-0.4, -0.2) is 52.0 Å². The Morgan fingerprint density at radius 3 is 2.14 bits per heavy atom. The van der Waals surface area contributed by atoms with E-state index in [2.05, 4.69) is 10.0 Å². The van der Waals surface area contributed by atoms with Crippen LogP contribution in [0.4, 0.5) is 10.1 Å². The molecule has 0 aliphatic rings. The maximum Gasteiger partial charge on any atom is 0.261 e. The van der Waals surface area contributed by atoms with Crippen molar-refractivity contribution in [3.63, 3.8) is 0 Å². The molecular weight excluding hydrogens is 585 g/mol. The van der Waals surface area contributed by atoms with Crippen molar-refractivity contribution in [3.05, 3.63) is 126 Å². The molecular formula is C33H34FN3O6S. The van der Waals surface area contributed by atoms with Gasteiger partial charge in [0.15, 0.2) is 6.61 Å². The van der Waals surface area contributed by atoms with E-state index in [1.165, 1.54) is 41.3 Å². The molecule has 4 rings (SSSR count). The molecule has 0 aromatic heterocycles. The van der Waals surface area contributed by atoms with Gasteiger partial charge in [-0.05, 0) is 66.1 Å². The molecule has 0 spiro atoms. The van der Waals surface area contributed by atoms with Crippen molar-refractivity contribution < 1.29 is 31.9 Å². The van der Waals surface area contributed by atoms with E-state index < -0.39 is 34.4 Å². The van der Waals surface area contributed by atoms with Crippen LogP contribution in [0, 0.1) is 5.82 Å². The van der Waals surface area contributed by atoms with Crippen LogP contribution in [0.15, 0.2) is 114 Å². The highest BCUT2D eigenvalue weighted by Gasteiger charge is 2.31. The molecule has 2 amide bonds. The van der Waals surface area contributed by atoms with Gasteiger partial charge in [0.05, 0.1) is 4.90 Å². The number of ether oxygens (including phenoxy) is 2. The van der Waals surface area contributed by atoms with Gasteiger partial charge in [0, 0.05) is 32.5 Å². The number of methoxy groups -OCH3 is 1. The van der Waals surface area contributed by atoms with Gasteiger partial charge < -0.3 is 19.7 Å². The lowest BCUT2D eigenvalue weighted by molar-refractivity contribution is -0.143. The van der Waals surface area contributed by atoms with Crippen molar-refractivity contribution in [2.24, 2.45) is 0 Å². The number of rotatable bonds is 15. The summed E-state index contributed by atoms with van der Waals surface area (Å²) < 4.78 is 51.9. The second kappa shape index (κ2) is 15.6. The van der Waals surface area contributed by atoms with Crippen LogP contribution in [0.2, 0.25) is 0 Å². The molecule has 1 atom stereocenters. The molecule has 0 aliphatic carbocycles. The third-order valence-corrected chi connectivity index (χ3v) is 8.01. The highest BCUT2D eigenvalue weighted by atomic mass is 32.2. The van der Waals surface area contributed by atoms with Crippen LogP contribution in [0.1, 0.15) is 23.6 Å². The molecule has 11 heteroatoms. The summed E-state index contributed by atoms with van der Waals surface area (Å²) in [6.07, 6.45) is 0.616. The fourth-order valence-corrected chi connectivity index (χ4v) is 5.47. The average Bonchev–Trinajstić information content (AvgIpc) is 3.04. The Morgan fingerprint density at radius 1 is 0.864 bits per heavy atom. The molecule has 0 bridgehead atoms. The van der Waals surface area contributed by atoms with E-state index >= 15 is 0 Å². The number of amides is 2. The first-order chi connectivity index (χ1) is 21.3. The van der Waals surface area contributed by atoms with Gasteiger partial charge in [-0.2, -0.15) is 0 Å².